The number of hydrogen-bond donors (Lipinski definition) is 3. The van der Waals surface area contributed by atoms with Crippen LogP contribution >= 0.6 is 0 Å². The van der Waals surface area contributed by atoms with Gasteiger partial charge in [0.05, 0.1) is 24.5 Å². The number of carbonyl (C=O) groups is 2. The number of rotatable bonds is 9. The monoisotopic (exact) mass is 434 g/mol. The summed E-state index contributed by atoms with van der Waals surface area (Å²) in [6, 6.07) is 12.7. The second kappa shape index (κ2) is 10.1. The SMILES string of the molecule is O=C(O)CC(NC(=O)CCCCc1ccc2c(n1)NCCO2)c1cnc2ccccc2c1. The van der Waals surface area contributed by atoms with E-state index in [2.05, 4.69) is 20.6 Å². The summed E-state index contributed by atoms with van der Waals surface area (Å²) in [5, 5.41) is 16.3. The highest BCUT2D eigenvalue weighted by atomic mass is 16.5. The van der Waals surface area contributed by atoms with Gasteiger partial charge in [-0.05, 0) is 49.1 Å². The van der Waals surface area contributed by atoms with Crippen molar-refractivity contribution < 1.29 is 19.4 Å². The van der Waals surface area contributed by atoms with Crippen LogP contribution in [-0.2, 0) is 16.0 Å². The van der Waals surface area contributed by atoms with Crippen LogP contribution in [0.1, 0.15) is 43.0 Å². The number of para-hydroxylation sites is 1. The van der Waals surface area contributed by atoms with Gasteiger partial charge in [-0.3, -0.25) is 14.6 Å². The number of hydrogen-bond acceptors (Lipinski definition) is 6. The molecule has 0 spiro atoms. The number of nitrogens with one attached hydrogen (secondary N) is 2. The normalized spacial score (nSPS) is 13.5. The lowest BCUT2D eigenvalue weighted by atomic mass is 10.0. The van der Waals surface area contributed by atoms with Crippen molar-refractivity contribution >= 4 is 28.6 Å². The predicted octanol–water partition coefficient (Wildman–Crippen LogP) is 3.48. The van der Waals surface area contributed by atoms with E-state index in [1.807, 2.05) is 42.5 Å². The molecule has 0 radical (unpaired) electrons. The molecule has 0 fully saturated rings. The Labute approximate surface area is 186 Å². The summed E-state index contributed by atoms with van der Waals surface area (Å²) in [6.07, 6.45) is 4.01. The summed E-state index contributed by atoms with van der Waals surface area (Å²) in [5.41, 5.74) is 2.47. The highest BCUT2D eigenvalue weighted by Gasteiger charge is 2.19. The molecule has 3 aromatic rings. The molecule has 0 aliphatic carbocycles. The fourth-order valence-corrected chi connectivity index (χ4v) is 3.76. The molecule has 4 rings (SSSR count). The van der Waals surface area contributed by atoms with Crippen LogP contribution in [0.4, 0.5) is 5.82 Å². The van der Waals surface area contributed by atoms with Crippen LogP contribution in [0.3, 0.4) is 0 Å². The average molecular weight is 434 g/mol. The van der Waals surface area contributed by atoms with Gasteiger partial charge < -0.3 is 20.5 Å². The van der Waals surface area contributed by atoms with E-state index in [4.69, 9.17) is 4.74 Å². The largest absolute Gasteiger partial charge is 0.488 e. The molecule has 1 aliphatic rings. The van der Waals surface area contributed by atoms with Gasteiger partial charge in [-0.1, -0.05) is 18.2 Å². The first-order valence-corrected chi connectivity index (χ1v) is 10.8. The maximum atomic E-state index is 12.5. The fraction of sp³-hybridized carbons (Fsp3) is 0.333. The number of aliphatic carboxylic acids is 1. The first-order chi connectivity index (χ1) is 15.6. The van der Waals surface area contributed by atoms with Crippen LogP contribution in [0, 0.1) is 0 Å². The van der Waals surface area contributed by atoms with Crippen molar-refractivity contribution in [1.29, 1.82) is 0 Å². The quantitative estimate of drug-likeness (QED) is 0.442. The summed E-state index contributed by atoms with van der Waals surface area (Å²) in [5.74, 6) is 0.399. The third-order valence-corrected chi connectivity index (χ3v) is 5.38. The van der Waals surface area contributed by atoms with E-state index >= 15 is 0 Å². The van der Waals surface area contributed by atoms with E-state index in [0.717, 1.165) is 47.6 Å². The molecule has 3 N–H and O–H groups in total. The number of pyridine rings is 2. The molecule has 166 valence electrons. The molecule has 0 saturated carbocycles. The van der Waals surface area contributed by atoms with Gasteiger partial charge in [0, 0.05) is 23.7 Å². The molecule has 1 aliphatic heterocycles. The second-order valence-corrected chi connectivity index (χ2v) is 7.81. The zero-order valence-electron chi connectivity index (χ0n) is 17.7. The van der Waals surface area contributed by atoms with Crippen molar-refractivity contribution in [3.63, 3.8) is 0 Å². The van der Waals surface area contributed by atoms with Gasteiger partial charge in [0.1, 0.15) is 6.61 Å². The van der Waals surface area contributed by atoms with Crippen molar-refractivity contribution in [2.24, 2.45) is 0 Å². The van der Waals surface area contributed by atoms with Crippen LogP contribution in [0.5, 0.6) is 5.75 Å². The summed E-state index contributed by atoms with van der Waals surface area (Å²) < 4.78 is 5.54. The van der Waals surface area contributed by atoms with E-state index in [1.54, 1.807) is 6.20 Å². The molecular formula is C24H26N4O4. The Morgan fingerprint density at radius 3 is 2.94 bits per heavy atom. The van der Waals surface area contributed by atoms with Crippen molar-refractivity contribution in [2.45, 2.75) is 38.1 Å². The lowest BCUT2D eigenvalue weighted by Gasteiger charge is -2.18. The molecule has 1 unspecified atom stereocenters. The highest BCUT2D eigenvalue weighted by Crippen LogP contribution is 2.25. The Hall–Kier alpha value is -3.68. The number of benzene rings is 1. The number of carboxylic acids is 1. The van der Waals surface area contributed by atoms with E-state index in [0.29, 0.717) is 25.0 Å². The van der Waals surface area contributed by atoms with Crippen LogP contribution in [0.2, 0.25) is 0 Å². The number of aryl methyl sites for hydroxylation is 1. The lowest BCUT2D eigenvalue weighted by molar-refractivity contribution is -0.137. The molecule has 32 heavy (non-hydrogen) atoms. The van der Waals surface area contributed by atoms with Gasteiger partial charge in [0.2, 0.25) is 5.91 Å². The molecule has 0 saturated heterocycles. The van der Waals surface area contributed by atoms with Gasteiger partial charge in [-0.15, -0.1) is 0 Å². The summed E-state index contributed by atoms with van der Waals surface area (Å²) in [6.45, 7) is 1.38. The minimum atomic E-state index is -0.973. The van der Waals surface area contributed by atoms with Crippen LogP contribution in [0.25, 0.3) is 10.9 Å². The Balaban J connectivity index is 1.30. The van der Waals surface area contributed by atoms with E-state index in [-0.39, 0.29) is 12.3 Å². The third kappa shape index (κ3) is 5.51. The van der Waals surface area contributed by atoms with Gasteiger partial charge in [-0.2, -0.15) is 0 Å². The molecule has 0 bridgehead atoms. The third-order valence-electron chi connectivity index (χ3n) is 5.38. The van der Waals surface area contributed by atoms with E-state index in [9.17, 15) is 14.7 Å². The zero-order chi connectivity index (χ0) is 22.3. The number of fused-ring (bicyclic) bond motifs is 2. The maximum Gasteiger partial charge on any atom is 0.305 e. The molecule has 8 heteroatoms. The highest BCUT2D eigenvalue weighted by molar-refractivity contribution is 5.80. The standard InChI is InChI=1S/C24H26N4O4/c29-22(8-4-2-6-18-9-10-21-24(27-18)25-11-12-32-21)28-20(14-23(30)31)17-13-16-5-1-3-7-19(16)26-15-17/h1,3,5,7,9-10,13,15,20H,2,4,6,8,11-12,14H2,(H,25,27)(H,28,29)(H,30,31). The Morgan fingerprint density at radius 2 is 2.06 bits per heavy atom. The smallest absolute Gasteiger partial charge is 0.305 e. The molecular weight excluding hydrogens is 408 g/mol. The first kappa shape index (κ1) is 21.5. The molecule has 1 amide bonds. The molecule has 2 aromatic heterocycles. The molecule has 1 atom stereocenters. The number of amides is 1. The second-order valence-electron chi connectivity index (χ2n) is 7.81. The van der Waals surface area contributed by atoms with Gasteiger partial charge in [-0.25, -0.2) is 4.98 Å². The average Bonchev–Trinajstić information content (AvgIpc) is 2.80. The number of unbranched alkanes of at least 4 members (excludes halogenated alkanes) is 1. The lowest BCUT2D eigenvalue weighted by Crippen LogP contribution is -2.30. The van der Waals surface area contributed by atoms with Crippen LogP contribution in [0.15, 0.2) is 48.7 Å². The van der Waals surface area contributed by atoms with Crippen LogP contribution < -0.4 is 15.4 Å². The summed E-state index contributed by atoms with van der Waals surface area (Å²) in [4.78, 5) is 32.8. The number of carbonyl (C=O) groups excluding carboxylic acids is 1. The fourth-order valence-electron chi connectivity index (χ4n) is 3.76. The van der Waals surface area contributed by atoms with Crippen molar-refractivity contribution in [3.05, 3.63) is 59.9 Å². The van der Waals surface area contributed by atoms with Gasteiger partial charge >= 0.3 is 5.97 Å². The molecule has 1 aromatic carbocycles. The number of aromatic nitrogens is 2. The number of ether oxygens (including phenoxy) is 1. The summed E-state index contributed by atoms with van der Waals surface area (Å²) in [7, 11) is 0. The maximum absolute atomic E-state index is 12.5. The van der Waals surface area contributed by atoms with Gasteiger partial charge in [0.25, 0.3) is 0 Å². The van der Waals surface area contributed by atoms with Crippen molar-refractivity contribution in [2.75, 3.05) is 18.5 Å². The van der Waals surface area contributed by atoms with Crippen LogP contribution in [-0.4, -0.2) is 40.1 Å². The minimum Gasteiger partial charge on any atom is -0.488 e. The van der Waals surface area contributed by atoms with Crippen molar-refractivity contribution in [1.82, 2.24) is 15.3 Å². The Morgan fingerprint density at radius 1 is 1.19 bits per heavy atom. The topological polar surface area (TPSA) is 113 Å². The molecule has 3 heterocycles. The number of nitrogens with zero attached hydrogens (tertiary/aromatic N) is 2. The zero-order valence-corrected chi connectivity index (χ0v) is 17.7. The van der Waals surface area contributed by atoms with E-state index < -0.39 is 12.0 Å². The van der Waals surface area contributed by atoms with E-state index in [1.165, 1.54) is 0 Å². The number of anilines is 1. The first-order valence-electron chi connectivity index (χ1n) is 10.8. The molecule has 8 nitrogen and oxygen atoms in total. The minimum absolute atomic E-state index is 0.169. The Bertz CT molecular complexity index is 1120. The summed E-state index contributed by atoms with van der Waals surface area (Å²) >= 11 is 0. The predicted molar refractivity (Wildman–Crippen MR) is 121 cm³/mol. The Kier molecular flexibility index (Phi) is 6.79. The van der Waals surface area contributed by atoms with Gasteiger partial charge in [0.15, 0.2) is 11.6 Å². The number of carboxylic acid groups (broad SMARTS) is 1. The van der Waals surface area contributed by atoms with Crippen molar-refractivity contribution in [3.8, 4) is 5.75 Å².